The van der Waals surface area contributed by atoms with Crippen molar-refractivity contribution in [3.05, 3.63) is 0 Å². The summed E-state index contributed by atoms with van der Waals surface area (Å²) >= 11 is 0. The zero-order chi connectivity index (χ0) is 9.68. The zero-order valence-corrected chi connectivity index (χ0v) is 8.49. The number of hydrogen-bond acceptors (Lipinski definition) is 4. The fourth-order valence-electron chi connectivity index (χ4n) is 0.858. The fourth-order valence-corrected chi connectivity index (χ4v) is 0.858. The van der Waals surface area contributed by atoms with E-state index in [-0.39, 0.29) is 0 Å². The van der Waals surface area contributed by atoms with Crippen molar-refractivity contribution in [2.24, 2.45) is 5.92 Å². The fraction of sp³-hybridized carbons (Fsp3) is 0.875. The lowest BCUT2D eigenvalue weighted by Gasteiger charge is -2.06. The summed E-state index contributed by atoms with van der Waals surface area (Å²) in [7, 11) is 0. The summed E-state index contributed by atoms with van der Waals surface area (Å²) < 4.78 is 0. The van der Waals surface area contributed by atoms with Gasteiger partial charge in [-0.25, -0.2) is 0 Å². The molecule has 0 unspecified atom stereocenters. The molecular weight excluding hydrogens is 166 g/mol. The van der Waals surface area contributed by atoms with Crippen LogP contribution in [0.15, 0.2) is 0 Å². The molecule has 1 heterocycles. The Morgan fingerprint density at radius 1 is 1.46 bits per heavy atom. The molecule has 0 fully saturated rings. The Morgan fingerprint density at radius 2 is 2.23 bits per heavy atom. The second kappa shape index (κ2) is 4.79. The lowest BCUT2D eigenvalue weighted by Crippen LogP contribution is -2.11. The van der Waals surface area contributed by atoms with Crippen LogP contribution in [0.4, 0.5) is 5.95 Å². The van der Waals surface area contributed by atoms with Crippen LogP contribution in [0.5, 0.6) is 0 Å². The van der Waals surface area contributed by atoms with E-state index in [4.69, 9.17) is 0 Å². The minimum absolute atomic E-state index is 0.627. The second-order valence-corrected chi connectivity index (χ2v) is 3.20. The first kappa shape index (κ1) is 9.95. The number of anilines is 1. The Bertz CT molecular complexity index is 244. The van der Waals surface area contributed by atoms with Crippen molar-refractivity contribution in [1.82, 2.24) is 20.2 Å². The van der Waals surface area contributed by atoms with Crippen molar-refractivity contribution >= 4 is 5.95 Å². The molecule has 1 rings (SSSR count). The van der Waals surface area contributed by atoms with E-state index in [1.165, 1.54) is 0 Å². The van der Waals surface area contributed by atoms with Gasteiger partial charge in [0.05, 0.1) is 6.54 Å². The maximum Gasteiger partial charge on any atom is 0.263 e. The third-order valence-electron chi connectivity index (χ3n) is 2.04. The van der Waals surface area contributed by atoms with Gasteiger partial charge in [0.25, 0.3) is 5.95 Å². The van der Waals surface area contributed by atoms with Gasteiger partial charge in [0.15, 0.2) is 0 Å². The highest BCUT2D eigenvalue weighted by Gasteiger charge is 2.02. The number of rotatable bonds is 5. The molecule has 74 valence electrons. The molecule has 0 spiro atoms. The van der Waals surface area contributed by atoms with Gasteiger partial charge in [0.1, 0.15) is 0 Å². The topological polar surface area (TPSA) is 55.6 Å². The van der Waals surface area contributed by atoms with Gasteiger partial charge in [-0.3, -0.25) is 0 Å². The van der Waals surface area contributed by atoms with Crippen molar-refractivity contribution in [3.8, 4) is 0 Å². The Hall–Kier alpha value is -1.13. The third kappa shape index (κ3) is 3.01. The Kier molecular flexibility index (Phi) is 3.67. The van der Waals surface area contributed by atoms with Gasteiger partial charge in [0.2, 0.25) is 0 Å². The molecule has 1 aromatic rings. The van der Waals surface area contributed by atoms with Crippen molar-refractivity contribution in [2.75, 3.05) is 11.9 Å². The van der Waals surface area contributed by atoms with Gasteiger partial charge < -0.3 is 5.32 Å². The molecule has 0 saturated heterocycles. The minimum atomic E-state index is 0.627. The maximum absolute atomic E-state index is 4.12. The molecule has 0 aliphatic rings. The van der Waals surface area contributed by atoms with E-state index in [1.807, 2.05) is 6.92 Å². The van der Waals surface area contributed by atoms with Gasteiger partial charge in [-0.2, -0.15) is 4.80 Å². The van der Waals surface area contributed by atoms with E-state index in [0.29, 0.717) is 11.9 Å². The average molecular weight is 183 g/mol. The van der Waals surface area contributed by atoms with Crippen LogP contribution >= 0.6 is 0 Å². The SMILES string of the molecule is CC[C@@H](C)CNc1nnn(CC)n1. The third-order valence-corrected chi connectivity index (χ3v) is 2.04. The molecule has 5 nitrogen and oxygen atoms in total. The molecule has 0 radical (unpaired) electrons. The van der Waals surface area contributed by atoms with E-state index >= 15 is 0 Å². The molecule has 0 aliphatic heterocycles. The Morgan fingerprint density at radius 3 is 2.77 bits per heavy atom. The molecule has 0 aliphatic carbocycles. The second-order valence-electron chi connectivity index (χ2n) is 3.20. The van der Waals surface area contributed by atoms with E-state index in [1.54, 1.807) is 4.80 Å². The van der Waals surface area contributed by atoms with Gasteiger partial charge in [0, 0.05) is 6.54 Å². The van der Waals surface area contributed by atoms with Crippen molar-refractivity contribution in [2.45, 2.75) is 33.7 Å². The Balaban J connectivity index is 2.36. The number of tetrazole rings is 1. The molecule has 5 heteroatoms. The van der Waals surface area contributed by atoms with Crippen LogP contribution in [0.2, 0.25) is 0 Å². The molecule has 0 aromatic carbocycles. The largest absolute Gasteiger partial charge is 0.351 e. The monoisotopic (exact) mass is 183 g/mol. The Labute approximate surface area is 78.5 Å². The number of aryl methyl sites for hydroxylation is 1. The first-order chi connectivity index (χ1) is 6.26. The van der Waals surface area contributed by atoms with Crippen LogP contribution in [0.3, 0.4) is 0 Å². The summed E-state index contributed by atoms with van der Waals surface area (Å²) in [5.41, 5.74) is 0. The van der Waals surface area contributed by atoms with Gasteiger partial charge in [-0.05, 0) is 18.1 Å². The minimum Gasteiger partial charge on any atom is -0.351 e. The molecule has 1 atom stereocenters. The van der Waals surface area contributed by atoms with Crippen molar-refractivity contribution in [1.29, 1.82) is 0 Å². The highest BCUT2D eigenvalue weighted by molar-refractivity contribution is 5.18. The van der Waals surface area contributed by atoms with Crippen LogP contribution in [0.25, 0.3) is 0 Å². The normalized spacial score (nSPS) is 12.8. The van der Waals surface area contributed by atoms with Gasteiger partial charge in [-0.1, -0.05) is 25.4 Å². The predicted molar refractivity (Wildman–Crippen MR) is 51.4 cm³/mol. The molecule has 13 heavy (non-hydrogen) atoms. The number of nitrogens with one attached hydrogen (secondary N) is 1. The smallest absolute Gasteiger partial charge is 0.263 e. The van der Waals surface area contributed by atoms with E-state index < -0.39 is 0 Å². The first-order valence-electron chi connectivity index (χ1n) is 4.78. The summed E-state index contributed by atoms with van der Waals surface area (Å²) in [6, 6.07) is 0. The lowest BCUT2D eigenvalue weighted by atomic mass is 10.1. The average Bonchev–Trinajstić information content (AvgIpc) is 2.61. The van der Waals surface area contributed by atoms with Crippen LogP contribution in [-0.4, -0.2) is 26.8 Å². The summed E-state index contributed by atoms with van der Waals surface area (Å²) in [6.45, 7) is 8.02. The zero-order valence-electron chi connectivity index (χ0n) is 8.49. The van der Waals surface area contributed by atoms with Crippen molar-refractivity contribution in [3.63, 3.8) is 0 Å². The van der Waals surface area contributed by atoms with Crippen molar-refractivity contribution < 1.29 is 0 Å². The molecule has 1 aromatic heterocycles. The van der Waals surface area contributed by atoms with Crippen LogP contribution in [0, 0.1) is 5.92 Å². The quantitative estimate of drug-likeness (QED) is 0.744. The van der Waals surface area contributed by atoms with Crippen LogP contribution in [0.1, 0.15) is 27.2 Å². The molecule has 0 saturated carbocycles. The molecule has 0 bridgehead atoms. The number of aromatic nitrogens is 4. The van der Waals surface area contributed by atoms with Crippen LogP contribution in [-0.2, 0) is 6.54 Å². The maximum atomic E-state index is 4.12. The molecule has 1 N–H and O–H groups in total. The molecular formula is C8H17N5. The van der Waals surface area contributed by atoms with Gasteiger partial charge >= 0.3 is 0 Å². The number of hydrogen-bond donors (Lipinski definition) is 1. The summed E-state index contributed by atoms with van der Waals surface area (Å²) in [6.07, 6.45) is 1.16. The highest BCUT2D eigenvalue weighted by atomic mass is 15.6. The molecule has 0 amide bonds. The van der Waals surface area contributed by atoms with Gasteiger partial charge in [-0.15, -0.1) is 5.10 Å². The first-order valence-corrected chi connectivity index (χ1v) is 4.78. The lowest BCUT2D eigenvalue weighted by molar-refractivity contribution is 0.551. The van der Waals surface area contributed by atoms with E-state index in [2.05, 4.69) is 34.6 Å². The van der Waals surface area contributed by atoms with E-state index in [9.17, 15) is 0 Å². The summed E-state index contributed by atoms with van der Waals surface area (Å²) in [4.78, 5) is 1.57. The predicted octanol–water partition coefficient (Wildman–Crippen LogP) is 1.15. The van der Waals surface area contributed by atoms with E-state index in [0.717, 1.165) is 19.5 Å². The highest BCUT2D eigenvalue weighted by Crippen LogP contribution is 2.01. The van der Waals surface area contributed by atoms with Crippen LogP contribution < -0.4 is 5.32 Å². The standard InChI is InChI=1S/C8H17N5/c1-4-7(3)6-9-8-10-12-13(5-2)11-8/h7H,4-6H2,1-3H3,(H,9,11)/t7-/m1/s1. The summed E-state index contributed by atoms with van der Waals surface area (Å²) in [5.74, 6) is 1.27. The summed E-state index contributed by atoms with van der Waals surface area (Å²) in [5, 5.41) is 15.0. The number of nitrogens with zero attached hydrogens (tertiary/aromatic N) is 4.